The van der Waals surface area contributed by atoms with Gasteiger partial charge in [-0.25, -0.2) is 23.8 Å². The summed E-state index contributed by atoms with van der Waals surface area (Å²) in [7, 11) is 0. The van der Waals surface area contributed by atoms with E-state index in [4.69, 9.17) is 0 Å². The van der Waals surface area contributed by atoms with E-state index in [-0.39, 0.29) is 13.0 Å². The number of anilines is 1. The fourth-order valence-electron chi connectivity index (χ4n) is 4.50. The third-order valence-electron chi connectivity index (χ3n) is 6.30. The molecule has 0 aliphatic carbocycles. The molecule has 1 aromatic heterocycles. The minimum atomic E-state index is -3.19. The second-order valence-corrected chi connectivity index (χ2v) is 8.82. The molecule has 188 valence electrons. The first-order valence-electron chi connectivity index (χ1n) is 11.7. The summed E-state index contributed by atoms with van der Waals surface area (Å²) in [5.74, 6) is -4.66. The van der Waals surface area contributed by atoms with Gasteiger partial charge < -0.3 is 14.7 Å². The number of amides is 3. The molecule has 2 aliphatic heterocycles. The quantitative estimate of drug-likeness (QED) is 0.232. The van der Waals surface area contributed by atoms with Crippen LogP contribution in [0.4, 0.5) is 14.7 Å². The molecule has 2 atom stereocenters. The van der Waals surface area contributed by atoms with Gasteiger partial charge in [0, 0.05) is 45.0 Å². The number of carbonyl (C=O) groups is 3. The van der Waals surface area contributed by atoms with E-state index in [1.807, 2.05) is 11.8 Å². The number of likely N-dealkylation sites (tertiary alicyclic amines) is 1. The van der Waals surface area contributed by atoms with Gasteiger partial charge >= 0.3 is 0 Å². The van der Waals surface area contributed by atoms with Crippen molar-refractivity contribution in [2.75, 3.05) is 44.2 Å². The van der Waals surface area contributed by atoms with Gasteiger partial charge in [-0.05, 0) is 12.5 Å². The van der Waals surface area contributed by atoms with Crippen LogP contribution in [-0.2, 0) is 14.4 Å². The smallest absolute Gasteiger partial charge is 0.267 e. The van der Waals surface area contributed by atoms with Crippen LogP contribution in [0.5, 0.6) is 0 Å². The monoisotopic (exact) mass is 482 g/mol. The SMILES string of the molecule is CCCCC[C@H](CN(O)C=O)C(=O)N1CC(F)(F)C[C@H]1C(=O)N1CCN(c2ncccn2)CC1. The van der Waals surface area contributed by atoms with Crippen LogP contribution in [0.3, 0.4) is 0 Å². The van der Waals surface area contributed by atoms with Gasteiger partial charge in [0.2, 0.25) is 24.2 Å². The number of hydrogen-bond donors (Lipinski definition) is 1. The standard InChI is InChI=1S/C22H32F2N6O4/c1-2-3-4-6-17(14-29(34)16-31)19(32)30-15-22(23,24)13-18(30)20(33)27-9-11-28(12-10-27)21-25-7-5-8-26-21/h5,7-8,16-18,34H,2-4,6,9-15H2,1H3/t17-,18+/m1/s1. The molecule has 0 saturated carbocycles. The fourth-order valence-corrected chi connectivity index (χ4v) is 4.50. The summed E-state index contributed by atoms with van der Waals surface area (Å²) in [5.41, 5.74) is 0. The lowest BCUT2D eigenvalue weighted by Gasteiger charge is -2.37. The molecule has 12 heteroatoms. The highest BCUT2D eigenvalue weighted by Crippen LogP contribution is 2.35. The summed E-state index contributed by atoms with van der Waals surface area (Å²) >= 11 is 0. The summed E-state index contributed by atoms with van der Waals surface area (Å²) in [5, 5.41) is 9.98. The number of aromatic nitrogens is 2. The molecule has 0 radical (unpaired) electrons. The van der Waals surface area contributed by atoms with Crippen LogP contribution in [-0.4, -0.2) is 99.5 Å². The summed E-state index contributed by atoms with van der Waals surface area (Å²) in [6, 6.07) is 0.426. The van der Waals surface area contributed by atoms with E-state index in [1.165, 1.54) is 4.90 Å². The molecular weight excluding hydrogens is 450 g/mol. The Kier molecular flexibility index (Phi) is 8.70. The molecule has 0 unspecified atom stereocenters. The van der Waals surface area contributed by atoms with Gasteiger partial charge in [-0.3, -0.25) is 19.6 Å². The normalized spacial score (nSPS) is 20.8. The van der Waals surface area contributed by atoms with Crippen LogP contribution in [0.15, 0.2) is 18.5 Å². The highest BCUT2D eigenvalue weighted by molar-refractivity contribution is 5.89. The van der Waals surface area contributed by atoms with E-state index in [0.717, 1.165) is 17.7 Å². The van der Waals surface area contributed by atoms with Crippen LogP contribution in [0.2, 0.25) is 0 Å². The van der Waals surface area contributed by atoms with Crippen LogP contribution in [0.25, 0.3) is 0 Å². The van der Waals surface area contributed by atoms with Crippen molar-refractivity contribution < 1.29 is 28.4 Å². The van der Waals surface area contributed by atoms with E-state index >= 15 is 0 Å². The van der Waals surface area contributed by atoms with Crippen molar-refractivity contribution in [2.45, 2.75) is 51.0 Å². The van der Waals surface area contributed by atoms with E-state index in [9.17, 15) is 28.4 Å². The van der Waals surface area contributed by atoms with Crippen molar-refractivity contribution >= 4 is 24.2 Å². The number of hydroxylamine groups is 2. The summed E-state index contributed by atoms with van der Waals surface area (Å²) in [4.78, 5) is 50.1. The number of rotatable bonds is 10. The Hall–Kier alpha value is -2.89. The third-order valence-corrected chi connectivity index (χ3v) is 6.30. The van der Waals surface area contributed by atoms with Gasteiger partial charge in [0.15, 0.2) is 0 Å². The zero-order valence-corrected chi connectivity index (χ0v) is 19.4. The number of hydrogen-bond acceptors (Lipinski definition) is 7. The van der Waals surface area contributed by atoms with Crippen molar-refractivity contribution in [1.29, 1.82) is 0 Å². The van der Waals surface area contributed by atoms with Gasteiger partial charge in [-0.15, -0.1) is 0 Å². The first kappa shape index (κ1) is 25.7. The van der Waals surface area contributed by atoms with Gasteiger partial charge in [-0.2, -0.15) is 0 Å². The van der Waals surface area contributed by atoms with Gasteiger partial charge in [0.05, 0.1) is 19.0 Å². The largest absolute Gasteiger partial charge is 0.337 e. The van der Waals surface area contributed by atoms with E-state index in [1.54, 1.807) is 18.5 Å². The van der Waals surface area contributed by atoms with Crippen molar-refractivity contribution in [2.24, 2.45) is 5.92 Å². The second-order valence-electron chi connectivity index (χ2n) is 8.82. The molecule has 10 nitrogen and oxygen atoms in total. The van der Waals surface area contributed by atoms with Crippen LogP contribution in [0, 0.1) is 5.92 Å². The van der Waals surface area contributed by atoms with Crippen molar-refractivity contribution in [3.63, 3.8) is 0 Å². The number of halogens is 2. The lowest BCUT2D eigenvalue weighted by molar-refractivity contribution is -0.159. The lowest BCUT2D eigenvalue weighted by Crippen LogP contribution is -2.55. The lowest BCUT2D eigenvalue weighted by atomic mass is 9.98. The number of alkyl halides is 2. The van der Waals surface area contributed by atoms with Gasteiger partial charge in [-0.1, -0.05) is 26.2 Å². The average molecular weight is 483 g/mol. The predicted molar refractivity (Wildman–Crippen MR) is 118 cm³/mol. The minimum absolute atomic E-state index is 0.178. The maximum Gasteiger partial charge on any atom is 0.267 e. The Morgan fingerprint density at radius 2 is 1.91 bits per heavy atom. The third kappa shape index (κ3) is 6.37. The molecule has 0 bridgehead atoms. The van der Waals surface area contributed by atoms with Crippen molar-refractivity contribution in [1.82, 2.24) is 24.8 Å². The Morgan fingerprint density at radius 3 is 2.53 bits per heavy atom. The molecule has 0 spiro atoms. The number of piperazine rings is 1. The Balaban J connectivity index is 1.69. The summed E-state index contributed by atoms with van der Waals surface area (Å²) in [6.45, 7) is 2.34. The van der Waals surface area contributed by atoms with Crippen LogP contribution >= 0.6 is 0 Å². The number of nitrogens with zero attached hydrogens (tertiary/aromatic N) is 6. The molecule has 34 heavy (non-hydrogen) atoms. The van der Waals surface area contributed by atoms with E-state index < -0.39 is 42.7 Å². The second kappa shape index (κ2) is 11.5. The van der Waals surface area contributed by atoms with E-state index in [2.05, 4.69) is 9.97 Å². The molecule has 3 heterocycles. The van der Waals surface area contributed by atoms with Crippen molar-refractivity contribution in [3.8, 4) is 0 Å². The first-order chi connectivity index (χ1) is 16.3. The number of carbonyl (C=O) groups excluding carboxylic acids is 3. The highest BCUT2D eigenvalue weighted by atomic mass is 19.3. The van der Waals surface area contributed by atoms with Crippen molar-refractivity contribution in [3.05, 3.63) is 18.5 Å². The Morgan fingerprint density at radius 1 is 1.24 bits per heavy atom. The van der Waals surface area contributed by atoms with Gasteiger partial charge in [0.25, 0.3) is 5.92 Å². The molecule has 2 fully saturated rings. The van der Waals surface area contributed by atoms with E-state index in [0.29, 0.717) is 50.0 Å². The molecule has 0 aromatic carbocycles. The predicted octanol–water partition coefficient (Wildman–Crippen LogP) is 1.41. The van der Waals surface area contributed by atoms with Crippen LogP contribution < -0.4 is 4.90 Å². The molecule has 3 amide bonds. The summed E-state index contributed by atoms with van der Waals surface area (Å²) < 4.78 is 28.8. The molecule has 2 saturated heterocycles. The average Bonchev–Trinajstić information content (AvgIpc) is 3.18. The highest BCUT2D eigenvalue weighted by Gasteiger charge is 2.52. The molecule has 1 aromatic rings. The zero-order valence-electron chi connectivity index (χ0n) is 19.4. The van der Waals surface area contributed by atoms with Gasteiger partial charge in [0.1, 0.15) is 6.04 Å². The summed E-state index contributed by atoms with van der Waals surface area (Å²) in [6.07, 6.45) is 5.37. The molecule has 1 N–H and O–H groups in total. The fraction of sp³-hybridized carbons (Fsp3) is 0.682. The molecular formula is C22H32F2N6O4. The maximum absolute atomic E-state index is 14.4. The minimum Gasteiger partial charge on any atom is -0.337 e. The maximum atomic E-state index is 14.4. The Labute approximate surface area is 197 Å². The molecule has 3 rings (SSSR count). The van der Waals surface area contributed by atoms with Crippen LogP contribution in [0.1, 0.15) is 39.0 Å². The molecule has 2 aliphatic rings. The topological polar surface area (TPSA) is 110 Å². The zero-order chi connectivity index (χ0) is 24.7. The first-order valence-corrected chi connectivity index (χ1v) is 11.7. The Bertz CT molecular complexity index is 838. The number of unbranched alkanes of at least 4 members (excludes halogenated alkanes) is 2.